The Kier molecular flexibility index (Phi) is 9.33. The van der Waals surface area contributed by atoms with Crippen LogP contribution < -0.4 is 10.2 Å². The van der Waals surface area contributed by atoms with Crippen LogP contribution in [0, 0.1) is 5.92 Å². The molecule has 1 aromatic rings. The van der Waals surface area contributed by atoms with Gasteiger partial charge in [-0.15, -0.1) is 24.0 Å². The summed E-state index contributed by atoms with van der Waals surface area (Å²) in [6.45, 7) is 10.9. The highest BCUT2D eigenvalue weighted by Gasteiger charge is 2.24. The predicted octanol–water partition coefficient (Wildman–Crippen LogP) is 3.02. The molecule has 8 heteroatoms. The highest BCUT2D eigenvalue weighted by atomic mass is 127. The third kappa shape index (κ3) is 6.23. The van der Waals surface area contributed by atoms with Gasteiger partial charge in [0.25, 0.3) is 0 Å². The quantitative estimate of drug-likeness (QED) is 0.348. The van der Waals surface area contributed by atoms with Gasteiger partial charge in [0.15, 0.2) is 5.96 Å². The molecule has 28 heavy (non-hydrogen) atoms. The van der Waals surface area contributed by atoms with E-state index in [4.69, 9.17) is 4.99 Å². The molecule has 1 N–H and O–H groups in total. The van der Waals surface area contributed by atoms with Gasteiger partial charge in [-0.2, -0.15) is 0 Å². The Balaban J connectivity index is 0.00000280. The van der Waals surface area contributed by atoms with Gasteiger partial charge in [0.2, 0.25) is 5.91 Å². The Hall–Kier alpha value is -1.03. The van der Waals surface area contributed by atoms with Gasteiger partial charge in [-0.1, -0.05) is 15.9 Å². The van der Waals surface area contributed by atoms with Crippen molar-refractivity contribution in [2.45, 2.75) is 20.3 Å². The average Bonchev–Trinajstić information content (AvgIpc) is 3.15. The summed E-state index contributed by atoms with van der Waals surface area (Å²) in [4.78, 5) is 23.1. The van der Waals surface area contributed by atoms with Crippen molar-refractivity contribution in [3.63, 3.8) is 0 Å². The van der Waals surface area contributed by atoms with Gasteiger partial charge < -0.3 is 20.0 Å². The molecule has 3 rings (SSSR count). The number of halogens is 2. The van der Waals surface area contributed by atoms with Gasteiger partial charge in [0.1, 0.15) is 0 Å². The van der Waals surface area contributed by atoms with Crippen LogP contribution in [-0.2, 0) is 4.79 Å². The normalized spacial score (nSPS) is 20.2. The largest absolute Gasteiger partial charge is 0.371 e. The highest BCUT2D eigenvalue weighted by molar-refractivity contribution is 14.0. The smallest absolute Gasteiger partial charge is 0.219 e. The van der Waals surface area contributed by atoms with Crippen molar-refractivity contribution in [1.29, 1.82) is 0 Å². The van der Waals surface area contributed by atoms with Crippen LogP contribution in [0.15, 0.2) is 33.7 Å². The molecule has 156 valence electrons. The molecule has 0 spiro atoms. The standard InChI is InChI=1S/C20H30BrN5O.HI/c1-3-22-20(25-12-10-24(11-13-25)16(2)27)23-14-17-8-9-26(15-17)19-6-4-18(21)5-7-19;/h4-7,17H,3,8-15H2,1-2H3,(H,22,23);1H. The number of hydrogen-bond acceptors (Lipinski definition) is 3. The molecule has 2 aliphatic rings. The van der Waals surface area contributed by atoms with Crippen LogP contribution in [0.3, 0.4) is 0 Å². The lowest BCUT2D eigenvalue weighted by Gasteiger charge is -2.36. The summed E-state index contributed by atoms with van der Waals surface area (Å²) in [5, 5.41) is 3.42. The van der Waals surface area contributed by atoms with Crippen LogP contribution in [0.5, 0.6) is 0 Å². The number of rotatable bonds is 4. The highest BCUT2D eigenvalue weighted by Crippen LogP contribution is 2.25. The van der Waals surface area contributed by atoms with E-state index in [9.17, 15) is 4.79 Å². The number of nitrogens with one attached hydrogen (secondary N) is 1. The number of piperazine rings is 1. The van der Waals surface area contributed by atoms with E-state index in [1.54, 1.807) is 6.92 Å². The van der Waals surface area contributed by atoms with E-state index in [0.717, 1.165) is 62.8 Å². The maximum Gasteiger partial charge on any atom is 0.219 e. The van der Waals surface area contributed by atoms with Crippen molar-refractivity contribution in [2.24, 2.45) is 10.9 Å². The Morgan fingerprint density at radius 1 is 1.14 bits per heavy atom. The summed E-state index contributed by atoms with van der Waals surface area (Å²) in [6.07, 6.45) is 1.18. The summed E-state index contributed by atoms with van der Waals surface area (Å²) in [5.41, 5.74) is 1.29. The van der Waals surface area contributed by atoms with Crippen molar-refractivity contribution in [3.05, 3.63) is 28.7 Å². The van der Waals surface area contributed by atoms with Crippen LogP contribution in [-0.4, -0.2) is 74.0 Å². The molecule has 1 atom stereocenters. The first-order valence-electron chi connectivity index (χ1n) is 9.86. The number of amides is 1. The van der Waals surface area contributed by atoms with Crippen molar-refractivity contribution < 1.29 is 4.79 Å². The second kappa shape index (κ2) is 11.2. The number of hydrogen-bond donors (Lipinski definition) is 1. The third-order valence-corrected chi connectivity index (χ3v) is 5.86. The summed E-state index contributed by atoms with van der Waals surface area (Å²) in [6, 6.07) is 8.55. The lowest BCUT2D eigenvalue weighted by atomic mass is 10.1. The molecule has 0 saturated carbocycles. The molecule has 6 nitrogen and oxygen atoms in total. The number of anilines is 1. The molecular weight excluding hydrogens is 533 g/mol. The maximum absolute atomic E-state index is 11.5. The van der Waals surface area contributed by atoms with Gasteiger partial charge >= 0.3 is 0 Å². The lowest BCUT2D eigenvalue weighted by molar-refractivity contribution is -0.130. The Labute approximate surface area is 193 Å². The van der Waals surface area contributed by atoms with Crippen LogP contribution in [0.2, 0.25) is 0 Å². The van der Waals surface area contributed by atoms with E-state index in [1.165, 1.54) is 12.1 Å². The van der Waals surface area contributed by atoms with Crippen LogP contribution in [0.1, 0.15) is 20.3 Å². The molecule has 0 aromatic heterocycles. The first-order chi connectivity index (χ1) is 13.1. The molecule has 2 fully saturated rings. The Morgan fingerprint density at radius 3 is 2.39 bits per heavy atom. The van der Waals surface area contributed by atoms with E-state index in [0.29, 0.717) is 5.92 Å². The molecule has 0 radical (unpaired) electrons. The fourth-order valence-corrected chi connectivity index (χ4v) is 4.01. The van der Waals surface area contributed by atoms with Crippen molar-refractivity contribution in [3.8, 4) is 0 Å². The van der Waals surface area contributed by atoms with E-state index in [2.05, 4.69) is 62.2 Å². The number of nitrogens with zero attached hydrogens (tertiary/aromatic N) is 4. The zero-order chi connectivity index (χ0) is 19.2. The summed E-state index contributed by atoms with van der Waals surface area (Å²) in [5.74, 6) is 1.74. The van der Waals surface area contributed by atoms with E-state index >= 15 is 0 Å². The minimum Gasteiger partial charge on any atom is -0.371 e. The zero-order valence-electron chi connectivity index (χ0n) is 16.7. The van der Waals surface area contributed by atoms with Gasteiger partial charge in [0, 0.05) is 69.4 Å². The lowest BCUT2D eigenvalue weighted by Crippen LogP contribution is -2.53. The molecule has 0 bridgehead atoms. The Morgan fingerprint density at radius 2 is 1.79 bits per heavy atom. The number of guanidine groups is 1. The number of carbonyl (C=O) groups excluding carboxylic acids is 1. The molecule has 2 aliphatic heterocycles. The second-order valence-electron chi connectivity index (χ2n) is 7.26. The predicted molar refractivity (Wildman–Crippen MR) is 130 cm³/mol. The Bertz CT molecular complexity index is 661. The van der Waals surface area contributed by atoms with Crippen LogP contribution >= 0.6 is 39.9 Å². The first kappa shape index (κ1) is 23.3. The topological polar surface area (TPSA) is 51.2 Å². The minimum atomic E-state index is 0. The summed E-state index contributed by atoms with van der Waals surface area (Å²) in [7, 11) is 0. The van der Waals surface area contributed by atoms with Gasteiger partial charge in [0.05, 0.1) is 0 Å². The molecular formula is C20H31BrIN5O. The third-order valence-electron chi connectivity index (χ3n) is 5.34. The van der Waals surface area contributed by atoms with Crippen molar-refractivity contribution >= 4 is 57.5 Å². The van der Waals surface area contributed by atoms with Gasteiger partial charge in [-0.05, 0) is 43.5 Å². The average molecular weight is 564 g/mol. The number of carbonyl (C=O) groups is 1. The molecule has 1 unspecified atom stereocenters. The van der Waals surface area contributed by atoms with Gasteiger partial charge in [-0.3, -0.25) is 9.79 Å². The summed E-state index contributed by atoms with van der Waals surface area (Å²) >= 11 is 3.50. The summed E-state index contributed by atoms with van der Waals surface area (Å²) < 4.78 is 1.12. The fraction of sp³-hybridized carbons (Fsp3) is 0.600. The molecule has 1 aromatic carbocycles. The van der Waals surface area contributed by atoms with E-state index in [-0.39, 0.29) is 29.9 Å². The van der Waals surface area contributed by atoms with Crippen LogP contribution in [0.25, 0.3) is 0 Å². The van der Waals surface area contributed by atoms with E-state index < -0.39 is 0 Å². The molecule has 2 saturated heterocycles. The molecule has 0 aliphatic carbocycles. The molecule has 2 heterocycles. The van der Waals surface area contributed by atoms with Gasteiger partial charge in [-0.25, -0.2) is 0 Å². The zero-order valence-corrected chi connectivity index (χ0v) is 20.7. The maximum atomic E-state index is 11.5. The van der Waals surface area contributed by atoms with Crippen molar-refractivity contribution in [1.82, 2.24) is 15.1 Å². The van der Waals surface area contributed by atoms with Crippen molar-refractivity contribution in [2.75, 3.05) is 57.3 Å². The number of benzene rings is 1. The SMILES string of the molecule is CCNC(=NCC1CCN(c2ccc(Br)cc2)C1)N1CCN(C(C)=O)CC1.I. The first-order valence-corrected chi connectivity index (χ1v) is 10.7. The van der Waals surface area contributed by atoms with E-state index in [1.807, 2.05) is 4.90 Å². The fourth-order valence-electron chi connectivity index (χ4n) is 3.74. The second-order valence-corrected chi connectivity index (χ2v) is 8.18. The molecule has 1 amide bonds. The van der Waals surface area contributed by atoms with Crippen LogP contribution in [0.4, 0.5) is 5.69 Å². The number of aliphatic imine (C=N–C) groups is 1. The minimum absolute atomic E-state index is 0. The monoisotopic (exact) mass is 563 g/mol.